The zero-order chi connectivity index (χ0) is 14.0. The standard InChI is InChI=1S/C18H28N2/c1-2-3-4-5-6-7-11-14-19-15-16-20(17-19)18-12-9-8-10-13-18/h8-10,12-13,15-16H,2-7,11,14,17H2,1H3. The minimum absolute atomic E-state index is 1.000. The van der Waals surface area contributed by atoms with Gasteiger partial charge in [-0.1, -0.05) is 63.6 Å². The van der Waals surface area contributed by atoms with Gasteiger partial charge in [-0.3, -0.25) is 0 Å². The summed E-state index contributed by atoms with van der Waals surface area (Å²) < 4.78 is 0. The van der Waals surface area contributed by atoms with Gasteiger partial charge in [-0.25, -0.2) is 0 Å². The van der Waals surface area contributed by atoms with Gasteiger partial charge in [0.25, 0.3) is 0 Å². The zero-order valence-corrected chi connectivity index (χ0v) is 12.8. The maximum absolute atomic E-state index is 2.42. The van der Waals surface area contributed by atoms with Crippen LogP contribution in [-0.2, 0) is 0 Å². The van der Waals surface area contributed by atoms with Crippen LogP contribution in [-0.4, -0.2) is 18.1 Å². The summed E-state index contributed by atoms with van der Waals surface area (Å²) >= 11 is 0. The van der Waals surface area contributed by atoms with Crippen molar-refractivity contribution in [1.82, 2.24) is 4.90 Å². The molecule has 20 heavy (non-hydrogen) atoms. The molecule has 110 valence electrons. The highest BCUT2D eigenvalue weighted by Gasteiger charge is 2.12. The Morgan fingerprint density at radius 1 is 0.850 bits per heavy atom. The molecule has 2 rings (SSSR count). The fourth-order valence-corrected chi connectivity index (χ4v) is 2.67. The molecular formula is C18H28N2. The van der Waals surface area contributed by atoms with Gasteiger partial charge in [0.1, 0.15) is 0 Å². The van der Waals surface area contributed by atoms with E-state index in [1.54, 1.807) is 0 Å². The molecule has 1 aromatic carbocycles. The molecule has 0 saturated carbocycles. The molecule has 0 saturated heterocycles. The summed E-state index contributed by atoms with van der Waals surface area (Å²) in [6.07, 6.45) is 14.1. The molecule has 2 nitrogen and oxygen atoms in total. The van der Waals surface area contributed by atoms with Crippen molar-refractivity contribution in [3.8, 4) is 0 Å². The van der Waals surface area contributed by atoms with Crippen LogP contribution in [0.3, 0.4) is 0 Å². The van der Waals surface area contributed by atoms with Gasteiger partial charge in [0, 0.05) is 24.6 Å². The van der Waals surface area contributed by atoms with E-state index in [1.165, 1.54) is 57.2 Å². The summed E-state index contributed by atoms with van der Waals surface area (Å²) in [5.74, 6) is 0. The van der Waals surface area contributed by atoms with Crippen LogP contribution < -0.4 is 4.90 Å². The second-order valence-electron chi connectivity index (χ2n) is 5.68. The third kappa shape index (κ3) is 4.92. The van der Waals surface area contributed by atoms with Gasteiger partial charge in [-0.15, -0.1) is 0 Å². The summed E-state index contributed by atoms with van der Waals surface area (Å²) in [6, 6.07) is 10.6. The van der Waals surface area contributed by atoms with Gasteiger partial charge < -0.3 is 9.80 Å². The highest BCUT2D eigenvalue weighted by atomic mass is 15.3. The summed E-state index contributed by atoms with van der Waals surface area (Å²) in [5.41, 5.74) is 1.28. The highest BCUT2D eigenvalue weighted by molar-refractivity contribution is 5.49. The van der Waals surface area contributed by atoms with E-state index in [-0.39, 0.29) is 0 Å². The van der Waals surface area contributed by atoms with Gasteiger partial charge >= 0.3 is 0 Å². The topological polar surface area (TPSA) is 6.48 Å². The number of anilines is 1. The minimum Gasteiger partial charge on any atom is -0.358 e. The molecule has 0 spiro atoms. The van der Waals surface area contributed by atoms with Crippen molar-refractivity contribution in [2.45, 2.75) is 51.9 Å². The predicted octanol–water partition coefficient (Wildman–Crippen LogP) is 4.99. The highest BCUT2D eigenvalue weighted by Crippen LogP contribution is 2.19. The van der Waals surface area contributed by atoms with E-state index in [2.05, 4.69) is 59.5 Å². The van der Waals surface area contributed by atoms with Gasteiger partial charge in [0.2, 0.25) is 0 Å². The molecule has 1 aliphatic heterocycles. The smallest absolute Gasteiger partial charge is 0.0941 e. The lowest BCUT2D eigenvalue weighted by Crippen LogP contribution is -2.25. The first-order valence-corrected chi connectivity index (χ1v) is 8.14. The van der Waals surface area contributed by atoms with Crippen molar-refractivity contribution >= 4 is 5.69 Å². The van der Waals surface area contributed by atoms with Crippen molar-refractivity contribution in [2.24, 2.45) is 0 Å². The third-order valence-corrected chi connectivity index (χ3v) is 3.93. The average Bonchev–Trinajstić information content (AvgIpc) is 2.96. The largest absolute Gasteiger partial charge is 0.358 e. The van der Waals surface area contributed by atoms with Gasteiger partial charge in [0.15, 0.2) is 0 Å². The molecule has 0 aliphatic carbocycles. The van der Waals surface area contributed by atoms with E-state index in [9.17, 15) is 0 Å². The van der Waals surface area contributed by atoms with E-state index in [4.69, 9.17) is 0 Å². The second kappa shape index (κ2) is 8.68. The third-order valence-electron chi connectivity index (χ3n) is 3.93. The van der Waals surface area contributed by atoms with Crippen LogP contribution in [0.2, 0.25) is 0 Å². The summed E-state index contributed by atoms with van der Waals surface area (Å²) in [5, 5.41) is 0. The zero-order valence-electron chi connectivity index (χ0n) is 12.8. The van der Waals surface area contributed by atoms with Crippen LogP contribution in [0.5, 0.6) is 0 Å². The van der Waals surface area contributed by atoms with Crippen LogP contribution in [0.4, 0.5) is 5.69 Å². The van der Waals surface area contributed by atoms with Gasteiger partial charge in [-0.05, 0) is 18.6 Å². The monoisotopic (exact) mass is 272 g/mol. The van der Waals surface area contributed by atoms with Crippen LogP contribution >= 0.6 is 0 Å². The van der Waals surface area contributed by atoms with Gasteiger partial charge in [-0.2, -0.15) is 0 Å². The van der Waals surface area contributed by atoms with Crippen LogP contribution in [0.15, 0.2) is 42.7 Å². The summed E-state index contributed by atoms with van der Waals surface area (Å²) in [4.78, 5) is 4.72. The molecule has 0 radical (unpaired) electrons. The molecule has 0 unspecified atom stereocenters. The molecule has 0 fully saturated rings. The Morgan fingerprint density at radius 3 is 2.30 bits per heavy atom. The van der Waals surface area contributed by atoms with Crippen molar-refractivity contribution in [1.29, 1.82) is 0 Å². The van der Waals surface area contributed by atoms with Gasteiger partial charge in [0.05, 0.1) is 6.67 Å². The Morgan fingerprint density at radius 2 is 1.55 bits per heavy atom. The number of unbranched alkanes of at least 4 members (excludes halogenated alkanes) is 6. The van der Waals surface area contributed by atoms with Crippen molar-refractivity contribution in [3.05, 3.63) is 42.7 Å². The number of rotatable bonds is 9. The molecular weight excluding hydrogens is 244 g/mol. The lowest BCUT2D eigenvalue weighted by Gasteiger charge is -2.21. The summed E-state index contributed by atoms with van der Waals surface area (Å²) in [6.45, 7) is 4.46. The van der Waals surface area contributed by atoms with Crippen molar-refractivity contribution in [2.75, 3.05) is 18.1 Å². The number of benzene rings is 1. The molecule has 0 bridgehead atoms. The Bertz CT molecular complexity index is 386. The quantitative estimate of drug-likeness (QED) is 0.584. The molecule has 0 N–H and O–H groups in total. The molecule has 2 heteroatoms. The normalized spacial score (nSPS) is 14.2. The first-order valence-electron chi connectivity index (χ1n) is 8.14. The lowest BCUT2D eigenvalue weighted by molar-refractivity contribution is 0.388. The number of hydrogen-bond donors (Lipinski definition) is 0. The van der Waals surface area contributed by atoms with Crippen molar-refractivity contribution < 1.29 is 0 Å². The fourth-order valence-electron chi connectivity index (χ4n) is 2.67. The fraction of sp³-hybridized carbons (Fsp3) is 0.556. The maximum Gasteiger partial charge on any atom is 0.0941 e. The van der Waals surface area contributed by atoms with Crippen LogP contribution in [0.1, 0.15) is 51.9 Å². The molecule has 0 atom stereocenters. The molecule has 1 heterocycles. The predicted molar refractivity (Wildman–Crippen MR) is 87.6 cm³/mol. The first kappa shape index (κ1) is 15.0. The second-order valence-corrected chi connectivity index (χ2v) is 5.68. The molecule has 1 aliphatic rings. The molecule has 0 amide bonds. The SMILES string of the molecule is CCCCCCCCCN1C=CN(c2ccccc2)C1. The lowest BCUT2D eigenvalue weighted by atomic mass is 10.1. The van der Waals surface area contributed by atoms with E-state index >= 15 is 0 Å². The van der Waals surface area contributed by atoms with Crippen LogP contribution in [0, 0.1) is 0 Å². The van der Waals surface area contributed by atoms with E-state index in [1.807, 2.05) is 0 Å². The average molecular weight is 272 g/mol. The number of para-hydroxylation sites is 1. The molecule has 0 aromatic heterocycles. The number of nitrogens with zero attached hydrogens (tertiary/aromatic N) is 2. The van der Waals surface area contributed by atoms with E-state index in [0.717, 1.165) is 6.67 Å². The van der Waals surface area contributed by atoms with E-state index in [0.29, 0.717) is 0 Å². The Hall–Kier alpha value is -1.44. The minimum atomic E-state index is 1.000. The summed E-state index contributed by atoms with van der Waals surface area (Å²) in [7, 11) is 0. The van der Waals surface area contributed by atoms with E-state index < -0.39 is 0 Å². The molecule has 1 aromatic rings. The van der Waals surface area contributed by atoms with Crippen molar-refractivity contribution in [3.63, 3.8) is 0 Å². The Kier molecular flexibility index (Phi) is 6.49. The van der Waals surface area contributed by atoms with Crippen LogP contribution in [0.25, 0.3) is 0 Å². The maximum atomic E-state index is 2.42. The number of hydrogen-bond acceptors (Lipinski definition) is 2. The Labute approximate surface area is 124 Å². The Balaban J connectivity index is 1.57. The first-order chi connectivity index (χ1) is 9.90.